The van der Waals surface area contributed by atoms with Crippen LogP contribution in [0.15, 0.2) is 6.08 Å². The van der Waals surface area contributed by atoms with Gasteiger partial charge in [-0.1, -0.05) is 13.0 Å². The molecular formula is C8H14N. The average Bonchev–Trinajstić information content (AvgIpc) is 1.89. The highest BCUT2D eigenvalue weighted by Crippen LogP contribution is 2.07. The molecule has 1 heteroatoms. The molecule has 0 saturated carbocycles. The lowest BCUT2D eigenvalue weighted by Crippen LogP contribution is -2.34. The summed E-state index contributed by atoms with van der Waals surface area (Å²) in [6.45, 7) is 6.72. The Hall–Kier alpha value is -0.300. The van der Waals surface area contributed by atoms with Crippen LogP contribution in [0.1, 0.15) is 20.3 Å². The van der Waals surface area contributed by atoms with Gasteiger partial charge >= 0.3 is 0 Å². The number of rotatable bonds is 1. The molecule has 0 N–H and O–H groups in total. The maximum Gasteiger partial charge on any atom is 0.0171 e. The number of nitrogens with zero attached hydrogens (tertiary/aromatic N) is 1. The maximum atomic E-state index is 3.23. The second-order valence-electron chi connectivity index (χ2n) is 2.55. The summed E-state index contributed by atoms with van der Waals surface area (Å²) in [5.41, 5.74) is 0. The summed E-state index contributed by atoms with van der Waals surface area (Å²) in [5.74, 6) is 0. The van der Waals surface area contributed by atoms with Crippen LogP contribution in [0.4, 0.5) is 0 Å². The molecule has 0 aromatic rings. The Labute approximate surface area is 57.4 Å². The van der Waals surface area contributed by atoms with Crippen molar-refractivity contribution in [3.63, 3.8) is 0 Å². The third kappa shape index (κ3) is 1.55. The van der Waals surface area contributed by atoms with Gasteiger partial charge in [0.05, 0.1) is 0 Å². The summed E-state index contributed by atoms with van der Waals surface area (Å²) in [6, 6.07) is 0.708. The van der Waals surface area contributed by atoms with Gasteiger partial charge in [0.25, 0.3) is 0 Å². The van der Waals surface area contributed by atoms with Crippen molar-refractivity contribution in [2.75, 3.05) is 13.1 Å². The predicted octanol–water partition coefficient (Wildman–Crippen LogP) is 1.46. The molecule has 0 saturated heterocycles. The van der Waals surface area contributed by atoms with Gasteiger partial charge in [-0.15, -0.1) is 0 Å². The first-order chi connectivity index (χ1) is 4.34. The van der Waals surface area contributed by atoms with Gasteiger partial charge in [-0.3, -0.25) is 4.90 Å². The zero-order valence-electron chi connectivity index (χ0n) is 6.22. The third-order valence-electron chi connectivity index (χ3n) is 1.91. The van der Waals surface area contributed by atoms with Crippen LogP contribution < -0.4 is 0 Å². The van der Waals surface area contributed by atoms with Gasteiger partial charge in [-0.25, -0.2) is 0 Å². The highest BCUT2D eigenvalue weighted by molar-refractivity contribution is 4.88. The lowest BCUT2D eigenvalue weighted by atomic mass is 10.1. The van der Waals surface area contributed by atoms with E-state index in [4.69, 9.17) is 0 Å². The third-order valence-corrected chi connectivity index (χ3v) is 1.91. The van der Waals surface area contributed by atoms with Crippen LogP contribution in [-0.4, -0.2) is 24.0 Å². The van der Waals surface area contributed by atoms with Crippen LogP contribution in [0.5, 0.6) is 0 Å². The van der Waals surface area contributed by atoms with Crippen LogP contribution in [0.2, 0.25) is 0 Å². The molecule has 1 rings (SSSR count). The maximum absolute atomic E-state index is 3.23. The van der Waals surface area contributed by atoms with Crippen molar-refractivity contribution in [1.29, 1.82) is 0 Å². The van der Waals surface area contributed by atoms with E-state index in [1.54, 1.807) is 0 Å². The molecule has 1 heterocycles. The van der Waals surface area contributed by atoms with Crippen LogP contribution >= 0.6 is 0 Å². The summed E-state index contributed by atoms with van der Waals surface area (Å²) in [7, 11) is 0. The van der Waals surface area contributed by atoms with Crippen LogP contribution in [0.3, 0.4) is 0 Å². The standard InChI is InChI=1S/C8H14N/c1-3-9-7-5-4-6-8(9)2/h5,8H,3,6-7H2,1-2H3. The molecule has 0 aromatic heterocycles. The first-order valence-electron chi connectivity index (χ1n) is 3.63. The summed E-state index contributed by atoms with van der Waals surface area (Å²) >= 11 is 0. The molecular weight excluding hydrogens is 110 g/mol. The van der Waals surface area contributed by atoms with E-state index >= 15 is 0 Å². The summed E-state index contributed by atoms with van der Waals surface area (Å²) in [4.78, 5) is 2.44. The number of hydrogen-bond donors (Lipinski definition) is 0. The number of likely N-dealkylation sites (N-methyl/N-ethyl adjacent to an activating group) is 1. The second-order valence-corrected chi connectivity index (χ2v) is 2.55. The lowest BCUT2D eigenvalue weighted by molar-refractivity contribution is 0.232. The first-order valence-corrected chi connectivity index (χ1v) is 3.63. The van der Waals surface area contributed by atoms with E-state index in [-0.39, 0.29) is 0 Å². The molecule has 1 aliphatic heterocycles. The molecule has 1 atom stereocenters. The first kappa shape index (κ1) is 6.81. The van der Waals surface area contributed by atoms with Crippen LogP contribution in [-0.2, 0) is 0 Å². The van der Waals surface area contributed by atoms with Gasteiger partial charge in [0.2, 0.25) is 0 Å². The minimum absolute atomic E-state index is 0.708. The molecule has 51 valence electrons. The highest BCUT2D eigenvalue weighted by Gasteiger charge is 2.11. The minimum atomic E-state index is 0.708. The molecule has 1 radical (unpaired) electrons. The Morgan fingerprint density at radius 2 is 2.56 bits per heavy atom. The highest BCUT2D eigenvalue weighted by atomic mass is 15.1. The Balaban J connectivity index is 2.43. The number of hydrogen-bond acceptors (Lipinski definition) is 1. The molecule has 1 nitrogen and oxygen atoms in total. The molecule has 9 heavy (non-hydrogen) atoms. The van der Waals surface area contributed by atoms with Gasteiger partial charge in [0, 0.05) is 12.6 Å². The Morgan fingerprint density at radius 3 is 3.00 bits per heavy atom. The fourth-order valence-corrected chi connectivity index (χ4v) is 1.19. The van der Waals surface area contributed by atoms with Crippen molar-refractivity contribution >= 4 is 0 Å². The smallest absolute Gasteiger partial charge is 0.0171 e. The van der Waals surface area contributed by atoms with E-state index in [9.17, 15) is 0 Å². The predicted molar refractivity (Wildman–Crippen MR) is 39.1 cm³/mol. The molecule has 0 spiro atoms. The van der Waals surface area contributed by atoms with Crippen molar-refractivity contribution in [3.05, 3.63) is 12.2 Å². The molecule has 0 aliphatic carbocycles. The largest absolute Gasteiger partial charge is 0.297 e. The Bertz CT molecular complexity index is 107. The zero-order chi connectivity index (χ0) is 6.69. The van der Waals surface area contributed by atoms with Crippen LogP contribution in [0, 0.1) is 6.08 Å². The van der Waals surface area contributed by atoms with E-state index < -0.39 is 0 Å². The van der Waals surface area contributed by atoms with Gasteiger partial charge in [0.1, 0.15) is 0 Å². The topological polar surface area (TPSA) is 3.24 Å². The molecule has 0 bridgehead atoms. The zero-order valence-corrected chi connectivity index (χ0v) is 6.22. The molecule has 0 aromatic carbocycles. The van der Waals surface area contributed by atoms with Crippen molar-refractivity contribution in [1.82, 2.24) is 4.90 Å². The minimum Gasteiger partial charge on any atom is -0.297 e. The summed E-state index contributed by atoms with van der Waals surface area (Å²) in [5, 5.41) is 0. The van der Waals surface area contributed by atoms with E-state index in [0.717, 1.165) is 13.0 Å². The monoisotopic (exact) mass is 124 g/mol. The average molecular weight is 124 g/mol. The van der Waals surface area contributed by atoms with E-state index in [0.29, 0.717) is 6.04 Å². The Morgan fingerprint density at radius 1 is 1.78 bits per heavy atom. The molecule has 0 amide bonds. The van der Waals surface area contributed by atoms with Gasteiger partial charge < -0.3 is 0 Å². The quantitative estimate of drug-likeness (QED) is 0.511. The second kappa shape index (κ2) is 3.02. The fraction of sp³-hybridized carbons (Fsp3) is 0.750. The van der Waals surface area contributed by atoms with Gasteiger partial charge in [-0.05, 0) is 26.0 Å². The van der Waals surface area contributed by atoms with E-state index in [1.165, 1.54) is 6.54 Å². The van der Waals surface area contributed by atoms with E-state index in [2.05, 4.69) is 30.9 Å². The van der Waals surface area contributed by atoms with Crippen LogP contribution in [0.25, 0.3) is 0 Å². The normalized spacial score (nSPS) is 28.9. The molecule has 0 fully saturated rings. The molecule has 1 aliphatic rings. The summed E-state index contributed by atoms with van der Waals surface area (Å²) in [6.07, 6.45) is 6.47. The van der Waals surface area contributed by atoms with Gasteiger partial charge in [-0.2, -0.15) is 0 Å². The summed E-state index contributed by atoms with van der Waals surface area (Å²) < 4.78 is 0. The van der Waals surface area contributed by atoms with Crippen molar-refractivity contribution in [2.24, 2.45) is 0 Å². The van der Waals surface area contributed by atoms with Crippen molar-refractivity contribution < 1.29 is 0 Å². The Kier molecular flexibility index (Phi) is 2.29. The van der Waals surface area contributed by atoms with Gasteiger partial charge in [0.15, 0.2) is 0 Å². The SMILES string of the molecule is CCN1CC=[C]CC1C. The van der Waals surface area contributed by atoms with Crippen molar-refractivity contribution in [3.8, 4) is 0 Å². The van der Waals surface area contributed by atoms with E-state index in [1.807, 2.05) is 0 Å². The van der Waals surface area contributed by atoms with Crippen molar-refractivity contribution in [2.45, 2.75) is 26.3 Å². The fourth-order valence-electron chi connectivity index (χ4n) is 1.19. The lowest BCUT2D eigenvalue weighted by Gasteiger charge is -2.28. The molecule has 1 unspecified atom stereocenters.